The third-order valence-electron chi connectivity index (χ3n) is 4.51. The number of H-pyrrole nitrogens is 1. The third-order valence-corrected chi connectivity index (χ3v) is 7.69. The molecule has 3 aromatic rings. The molecule has 0 aliphatic heterocycles. The summed E-state index contributed by atoms with van der Waals surface area (Å²) in [7, 11) is -13.7. The molecule has 40 heavy (non-hydrogen) atoms. The molecule has 0 spiro atoms. The van der Waals surface area contributed by atoms with Crippen molar-refractivity contribution in [3.05, 3.63) is 39.5 Å². The molecule has 0 aliphatic rings. The van der Waals surface area contributed by atoms with Gasteiger partial charge in [-0.25, -0.2) is 14.4 Å². The van der Waals surface area contributed by atoms with Gasteiger partial charge in [-0.2, -0.15) is 61.4 Å². The van der Waals surface area contributed by atoms with Crippen molar-refractivity contribution in [3.63, 3.8) is 0 Å². The number of nitrogens with one attached hydrogen (secondary N) is 1. The number of aromatic nitrogens is 4. The fourth-order valence-electron chi connectivity index (χ4n) is 2.81. The third kappa shape index (κ3) is 7.18. The lowest BCUT2D eigenvalue weighted by molar-refractivity contribution is -0.140. The molecule has 1 N–H and O–H groups in total. The van der Waals surface area contributed by atoms with E-state index in [2.05, 4.69) is 31.0 Å². The molecular weight excluding hydrogens is 686 g/mol. The van der Waals surface area contributed by atoms with Gasteiger partial charge in [0.05, 0.1) is 26.9 Å². The van der Waals surface area contributed by atoms with Gasteiger partial charge in [0, 0.05) is 11.5 Å². The summed E-state index contributed by atoms with van der Waals surface area (Å²) in [4.78, 5) is 8.50. The van der Waals surface area contributed by atoms with E-state index >= 15 is 0 Å². The van der Waals surface area contributed by atoms with Crippen molar-refractivity contribution in [2.75, 3.05) is 0 Å². The smallest absolute Gasteiger partial charge is 0.273 e. The first-order valence-corrected chi connectivity index (χ1v) is 13.5. The summed E-state index contributed by atoms with van der Waals surface area (Å²) in [5.41, 5.74) is -12.9. The van der Waals surface area contributed by atoms with Gasteiger partial charge in [0.15, 0.2) is 11.5 Å². The second-order valence-electron chi connectivity index (χ2n) is 7.80. The minimum Gasteiger partial charge on any atom is -0.273 e. The molecule has 0 atom stereocenters. The zero-order valence-corrected chi connectivity index (χ0v) is 22.8. The van der Waals surface area contributed by atoms with Crippen molar-refractivity contribution in [1.29, 1.82) is 0 Å². The second kappa shape index (κ2) is 11.0. The Kier molecular flexibility index (Phi) is 9.25. The summed E-state index contributed by atoms with van der Waals surface area (Å²) in [6.45, 7) is 5.15. The lowest BCUT2D eigenvalue weighted by Crippen LogP contribution is -2.34. The highest BCUT2D eigenvalue weighted by molar-refractivity contribution is 9.10. The molecule has 0 saturated carbocycles. The molecule has 0 bridgehead atoms. The fraction of sp³-hybridized carbons (Fsp3) is 0.389. The van der Waals surface area contributed by atoms with E-state index in [1.54, 1.807) is 0 Å². The molecule has 0 saturated heterocycles. The van der Waals surface area contributed by atoms with Gasteiger partial charge < -0.3 is 0 Å². The topological polar surface area (TPSA) is 132 Å². The van der Waals surface area contributed by atoms with Crippen molar-refractivity contribution in [3.8, 4) is 11.4 Å². The van der Waals surface area contributed by atoms with Crippen LogP contribution in [0, 0.1) is 12.7 Å². The van der Waals surface area contributed by atoms with E-state index in [-0.39, 0.29) is 33.0 Å². The molecule has 0 fully saturated rings. The van der Waals surface area contributed by atoms with E-state index in [4.69, 9.17) is 0 Å². The van der Waals surface area contributed by atoms with Gasteiger partial charge in [0.2, 0.25) is 0 Å². The number of rotatable bonds is 4. The van der Waals surface area contributed by atoms with Crippen LogP contribution in [0.1, 0.15) is 36.8 Å². The van der Waals surface area contributed by atoms with Crippen molar-refractivity contribution >= 4 is 47.1 Å². The Morgan fingerprint density at radius 3 is 1.82 bits per heavy atom. The quantitative estimate of drug-likeness (QED) is 0.256. The average Bonchev–Trinajstić information content (AvgIpc) is 3.14. The van der Waals surface area contributed by atoms with Gasteiger partial charge in [-0.05, 0) is 34.8 Å². The number of aryl methyl sites for hydroxylation is 1. The van der Waals surface area contributed by atoms with Crippen molar-refractivity contribution in [2.24, 2.45) is 0 Å². The first-order valence-electron chi connectivity index (χ1n) is 9.93. The number of aromatic amines is 1. The summed E-state index contributed by atoms with van der Waals surface area (Å²) in [5, 5.41) is 6.22. The molecule has 22 heteroatoms. The van der Waals surface area contributed by atoms with Crippen LogP contribution < -0.4 is 0 Å². The highest BCUT2D eigenvalue weighted by Gasteiger charge is 2.57. The van der Waals surface area contributed by atoms with E-state index in [9.17, 15) is 60.7 Å². The Bertz CT molecular complexity index is 1590. The lowest BCUT2D eigenvalue weighted by atomic mass is 10.0. The van der Waals surface area contributed by atoms with Crippen LogP contribution in [0.25, 0.3) is 22.3 Å². The zero-order chi connectivity index (χ0) is 31.2. The largest absolute Gasteiger partial charge is 0.524 e. The maximum Gasteiger partial charge on any atom is 0.524 e. The molecule has 0 unspecified atom stereocenters. The minimum absolute atomic E-state index is 0.0943. The number of fused-ring (bicyclic) bond motifs is 1. The first kappa shape index (κ1) is 33.6. The summed E-state index contributed by atoms with van der Waals surface area (Å²) in [6, 6.07) is 2.72. The van der Waals surface area contributed by atoms with Crippen LogP contribution in [-0.2, 0) is 30.0 Å². The summed E-state index contributed by atoms with van der Waals surface area (Å²) < 4.78 is 164. The molecule has 9 nitrogen and oxygen atoms in total. The number of hydrogen-bond donors (Lipinski definition) is 1. The van der Waals surface area contributed by atoms with E-state index < -0.39 is 48.9 Å². The van der Waals surface area contributed by atoms with Crippen molar-refractivity contribution < 1.29 is 64.4 Å². The number of halogens is 11. The normalized spacial score (nSPS) is 13.5. The minimum atomic E-state index is -6.85. The number of alkyl halides is 9. The summed E-state index contributed by atoms with van der Waals surface area (Å²) in [6.07, 6.45) is -4.63. The van der Waals surface area contributed by atoms with E-state index in [1.165, 1.54) is 19.1 Å². The monoisotopic (exact) mass is 698 g/mol. The highest BCUT2D eigenvalue weighted by atomic mass is 79.9. The van der Waals surface area contributed by atoms with E-state index in [1.807, 2.05) is 22.6 Å². The maximum absolute atomic E-state index is 13.9. The number of benzene rings is 1. The van der Waals surface area contributed by atoms with E-state index in [0.717, 1.165) is 0 Å². The maximum atomic E-state index is 13.9. The fourth-order valence-corrected chi connectivity index (χ4v) is 4.71. The Morgan fingerprint density at radius 1 is 0.900 bits per heavy atom. The van der Waals surface area contributed by atoms with Crippen LogP contribution in [0.4, 0.5) is 43.9 Å². The van der Waals surface area contributed by atoms with Gasteiger partial charge in [-0.3, -0.25) is 5.10 Å². The van der Waals surface area contributed by atoms with Crippen molar-refractivity contribution in [2.45, 2.75) is 43.9 Å². The van der Waals surface area contributed by atoms with Crippen molar-refractivity contribution in [1.82, 2.24) is 20.2 Å². The van der Waals surface area contributed by atoms with Gasteiger partial charge in [0.25, 0.3) is 0 Å². The Labute approximate surface area is 226 Å². The SMILES string of the molecule is Cc1n[nH]c(C(F)(F)F)c1-c1nc(C(C)C)c2cc(Br)c(F)cc2n1.O=S(=O)(OS(=O)(=O)C(F)(F)F)C(F)(F)F. The Morgan fingerprint density at radius 2 is 1.40 bits per heavy atom. The molecular formula is C18H13BrF10N4O5S2. The van der Waals surface area contributed by atoms with Crippen LogP contribution in [0.5, 0.6) is 0 Å². The Balaban J connectivity index is 0.000000323. The van der Waals surface area contributed by atoms with Crippen LogP contribution in [-0.4, -0.2) is 48.0 Å². The second-order valence-corrected chi connectivity index (χ2v) is 11.9. The standard InChI is InChI=1S/C16H13BrF4N4.C2F6O5S2/c1-6(2)13-8-4-9(17)10(18)5-11(8)22-15(23-13)12-7(3)24-25-14(12)16(19,20)21;3-1(4,5)14(9,10)13-15(11,12)2(6,7)8/h4-6H,1-3H3,(H,24,25);. The predicted octanol–water partition coefficient (Wildman–Crippen LogP) is 6.07. The average molecular weight is 699 g/mol. The molecule has 0 amide bonds. The van der Waals surface area contributed by atoms with Gasteiger partial charge >= 0.3 is 37.4 Å². The van der Waals surface area contributed by atoms with Gasteiger partial charge in [0.1, 0.15) is 5.82 Å². The van der Waals surface area contributed by atoms with Gasteiger partial charge in [-0.1, -0.05) is 13.8 Å². The van der Waals surface area contributed by atoms with Crippen LogP contribution in [0.3, 0.4) is 0 Å². The van der Waals surface area contributed by atoms with Crippen LogP contribution >= 0.6 is 15.9 Å². The molecule has 2 aromatic heterocycles. The lowest BCUT2D eigenvalue weighted by Gasteiger charge is -2.13. The van der Waals surface area contributed by atoms with E-state index in [0.29, 0.717) is 11.1 Å². The molecule has 0 aliphatic carbocycles. The molecule has 3 rings (SSSR count). The number of nitrogens with zero attached hydrogens (tertiary/aromatic N) is 3. The molecule has 2 heterocycles. The molecule has 224 valence electrons. The summed E-state index contributed by atoms with van der Waals surface area (Å²) in [5.74, 6) is -0.772. The highest BCUT2D eigenvalue weighted by Crippen LogP contribution is 2.38. The summed E-state index contributed by atoms with van der Waals surface area (Å²) >= 11 is 3.11. The number of hydrogen-bond acceptors (Lipinski definition) is 8. The van der Waals surface area contributed by atoms with Crippen LogP contribution in [0.15, 0.2) is 16.6 Å². The predicted molar refractivity (Wildman–Crippen MR) is 120 cm³/mol. The Hall–Kier alpha value is -2.59. The molecule has 0 radical (unpaired) electrons. The molecule has 1 aromatic carbocycles. The first-order chi connectivity index (χ1) is 17.8. The van der Waals surface area contributed by atoms with Gasteiger partial charge in [-0.15, -0.1) is 3.63 Å². The van der Waals surface area contributed by atoms with Crippen LogP contribution in [0.2, 0.25) is 0 Å². The zero-order valence-electron chi connectivity index (χ0n) is 19.6.